The number of hydrogen-bond acceptors (Lipinski definition) is 4. The van der Waals surface area contributed by atoms with Crippen molar-refractivity contribution in [3.63, 3.8) is 0 Å². The van der Waals surface area contributed by atoms with Gasteiger partial charge in [0.1, 0.15) is 17.4 Å². The van der Waals surface area contributed by atoms with Crippen LogP contribution in [-0.4, -0.2) is 23.0 Å². The minimum atomic E-state index is -0.423. The highest BCUT2D eigenvalue weighted by Crippen LogP contribution is 2.40. The predicted octanol–water partition coefficient (Wildman–Crippen LogP) is 6.68. The zero-order valence-electron chi connectivity index (χ0n) is 19.5. The lowest BCUT2D eigenvalue weighted by molar-refractivity contribution is -0.00735. The summed E-state index contributed by atoms with van der Waals surface area (Å²) in [6, 6.07) is 25.1. The molecular weight excluding hydrogens is 412 g/mol. The van der Waals surface area contributed by atoms with Gasteiger partial charge >= 0.3 is 5.97 Å². The summed E-state index contributed by atoms with van der Waals surface area (Å²) < 4.78 is 5.57. The van der Waals surface area contributed by atoms with E-state index in [1.54, 1.807) is 18.2 Å². The van der Waals surface area contributed by atoms with Crippen molar-refractivity contribution >= 4 is 11.8 Å². The molecule has 4 rings (SSSR count). The number of ketones is 1. The van der Waals surface area contributed by atoms with E-state index in [0.717, 1.165) is 30.4 Å². The average molecular weight is 445 g/mol. The number of para-hydroxylation sites is 1. The second kappa shape index (κ2) is 11.0. The smallest absolute Gasteiger partial charge is 0.342 e. The number of carbonyl (C=O) groups excluding carboxylic acids is 2. The summed E-state index contributed by atoms with van der Waals surface area (Å²) in [5.41, 5.74) is 1.93. The highest BCUT2D eigenvalue weighted by atomic mass is 16.5. The Balaban J connectivity index is 0.000000194. The number of phenolic OH excluding ortho intramolecular Hbond substituents is 1. The van der Waals surface area contributed by atoms with Gasteiger partial charge in [0.15, 0.2) is 5.78 Å². The molecule has 172 valence electrons. The van der Waals surface area contributed by atoms with Gasteiger partial charge in [-0.05, 0) is 42.7 Å². The van der Waals surface area contributed by atoms with Gasteiger partial charge in [0.2, 0.25) is 0 Å². The zero-order chi connectivity index (χ0) is 23.8. The molecule has 1 aliphatic rings. The maximum Gasteiger partial charge on any atom is 0.342 e. The average Bonchev–Trinajstić information content (AvgIpc) is 2.79. The van der Waals surface area contributed by atoms with Crippen LogP contribution in [0.3, 0.4) is 0 Å². The van der Waals surface area contributed by atoms with Gasteiger partial charge in [-0.1, -0.05) is 93.6 Å². The molecule has 0 aromatic heterocycles. The summed E-state index contributed by atoms with van der Waals surface area (Å²) >= 11 is 0. The van der Waals surface area contributed by atoms with E-state index in [-0.39, 0.29) is 28.6 Å². The van der Waals surface area contributed by atoms with E-state index >= 15 is 0 Å². The van der Waals surface area contributed by atoms with Gasteiger partial charge in [0, 0.05) is 11.1 Å². The Bertz CT molecular complexity index is 1020. The quantitative estimate of drug-likeness (QED) is 0.360. The van der Waals surface area contributed by atoms with Gasteiger partial charge in [-0.15, -0.1) is 0 Å². The van der Waals surface area contributed by atoms with Gasteiger partial charge in [0.05, 0.1) is 0 Å². The van der Waals surface area contributed by atoms with Crippen LogP contribution in [0.1, 0.15) is 66.3 Å². The van der Waals surface area contributed by atoms with Crippen LogP contribution in [0.15, 0.2) is 84.9 Å². The van der Waals surface area contributed by atoms with Crippen molar-refractivity contribution in [1.29, 1.82) is 0 Å². The molecule has 3 aromatic carbocycles. The summed E-state index contributed by atoms with van der Waals surface area (Å²) in [4.78, 5) is 23.9. The van der Waals surface area contributed by atoms with Gasteiger partial charge in [0.25, 0.3) is 0 Å². The molecule has 0 heterocycles. The van der Waals surface area contributed by atoms with Crippen molar-refractivity contribution in [3.8, 4) is 5.75 Å². The number of aromatic hydroxyl groups is 1. The molecule has 0 bridgehead atoms. The predicted molar refractivity (Wildman–Crippen MR) is 130 cm³/mol. The maximum atomic E-state index is 12.1. The van der Waals surface area contributed by atoms with Crippen molar-refractivity contribution in [2.75, 3.05) is 0 Å². The molecular formula is C29H32O4. The summed E-state index contributed by atoms with van der Waals surface area (Å²) in [5.74, 6) is 0.195. The first-order valence-electron chi connectivity index (χ1n) is 11.4. The largest absolute Gasteiger partial charge is 0.507 e. The standard InChI is InChI=1S/C16H22O3.C13H10O/c1-11-8-12(10-16(2,3)9-11)19-15(18)13-6-4-5-7-14(13)17;14-13(11-7-3-1-4-8-11)12-9-5-2-6-10-12/h4-7,11-12,17H,8-10H2,1-3H3;1-10H. The molecule has 4 heteroatoms. The van der Waals surface area contributed by atoms with Gasteiger partial charge < -0.3 is 9.84 Å². The number of ether oxygens (including phenoxy) is 1. The van der Waals surface area contributed by atoms with Crippen LogP contribution in [0.5, 0.6) is 5.75 Å². The minimum Gasteiger partial charge on any atom is -0.507 e. The van der Waals surface area contributed by atoms with E-state index in [2.05, 4.69) is 20.8 Å². The van der Waals surface area contributed by atoms with E-state index < -0.39 is 5.97 Å². The third-order valence-electron chi connectivity index (χ3n) is 5.82. The van der Waals surface area contributed by atoms with Crippen molar-refractivity contribution in [1.82, 2.24) is 0 Å². The topological polar surface area (TPSA) is 63.6 Å². The Morgan fingerprint density at radius 2 is 1.33 bits per heavy atom. The van der Waals surface area contributed by atoms with Crippen LogP contribution >= 0.6 is 0 Å². The first-order chi connectivity index (χ1) is 15.7. The zero-order valence-corrected chi connectivity index (χ0v) is 19.5. The number of phenols is 1. The van der Waals surface area contributed by atoms with Gasteiger partial charge in [-0.2, -0.15) is 0 Å². The first kappa shape index (κ1) is 24.2. The fraction of sp³-hybridized carbons (Fsp3) is 0.310. The summed E-state index contributed by atoms with van der Waals surface area (Å²) in [6.07, 6.45) is 2.91. The number of hydrogen-bond donors (Lipinski definition) is 1. The van der Waals surface area contributed by atoms with Crippen LogP contribution in [0, 0.1) is 11.3 Å². The lowest BCUT2D eigenvalue weighted by Gasteiger charge is -2.38. The molecule has 0 saturated heterocycles. The molecule has 33 heavy (non-hydrogen) atoms. The summed E-state index contributed by atoms with van der Waals surface area (Å²) in [7, 11) is 0. The molecule has 1 N–H and O–H groups in total. The molecule has 0 aliphatic heterocycles. The number of rotatable bonds is 4. The highest BCUT2D eigenvalue weighted by Gasteiger charge is 2.34. The molecule has 1 aliphatic carbocycles. The van der Waals surface area contributed by atoms with E-state index in [4.69, 9.17) is 4.74 Å². The molecule has 2 unspecified atom stereocenters. The summed E-state index contributed by atoms with van der Waals surface area (Å²) in [5, 5.41) is 9.66. The Kier molecular flexibility index (Phi) is 8.05. The normalized spacial score (nSPS) is 19.0. The van der Waals surface area contributed by atoms with Crippen LogP contribution in [0.25, 0.3) is 0 Å². The van der Waals surface area contributed by atoms with E-state index in [9.17, 15) is 14.7 Å². The molecule has 4 nitrogen and oxygen atoms in total. The molecule has 0 amide bonds. The van der Waals surface area contributed by atoms with Crippen LogP contribution < -0.4 is 0 Å². The third kappa shape index (κ3) is 7.04. The SMILES string of the molecule is CC1CC(OC(=O)c2ccccc2O)CC(C)(C)C1.O=C(c1ccccc1)c1ccccc1. The maximum absolute atomic E-state index is 12.1. The number of carbonyl (C=O) groups is 2. The van der Waals surface area contributed by atoms with Crippen LogP contribution in [-0.2, 0) is 4.74 Å². The number of benzene rings is 3. The molecule has 3 aromatic rings. The van der Waals surface area contributed by atoms with Crippen LogP contribution in [0.4, 0.5) is 0 Å². The van der Waals surface area contributed by atoms with E-state index in [1.807, 2.05) is 60.7 Å². The van der Waals surface area contributed by atoms with Gasteiger partial charge in [-0.25, -0.2) is 4.79 Å². The fourth-order valence-electron chi connectivity index (χ4n) is 4.56. The van der Waals surface area contributed by atoms with Crippen molar-refractivity contribution in [2.24, 2.45) is 11.3 Å². The van der Waals surface area contributed by atoms with E-state index in [1.165, 1.54) is 6.07 Å². The molecule has 2 atom stereocenters. The first-order valence-corrected chi connectivity index (χ1v) is 11.4. The van der Waals surface area contributed by atoms with Crippen molar-refractivity contribution in [3.05, 3.63) is 102 Å². The van der Waals surface area contributed by atoms with Crippen molar-refractivity contribution < 1.29 is 19.4 Å². The lowest BCUT2D eigenvalue weighted by Crippen LogP contribution is -2.34. The highest BCUT2D eigenvalue weighted by molar-refractivity contribution is 6.08. The monoisotopic (exact) mass is 444 g/mol. The molecule has 1 saturated carbocycles. The number of esters is 1. The Morgan fingerprint density at radius 3 is 1.85 bits per heavy atom. The third-order valence-corrected chi connectivity index (χ3v) is 5.82. The second-order valence-corrected chi connectivity index (χ2v) is 9.52. The molecule has 0 spiro atoms. The molecule has 1 fully saturated rings. The van der Waals surface area contributed by atoms with Gasteiger partial charge in [-0.3, -0.25) is 4.79 Å². The van der Waals surface area contributed by atoms with Crippen LogP contribution in [0.2, 0.25) is 0 Å². The second-order valence-electron chi connectivity index (χ2n) is 9.52. The Labute approximate surface area is 196 Å². The molecule has 0 radical (unpaired) electrons. The fourth-order valence-corrected chi connectivity index (χ4v) is 4.56. The van der Waals surface area contributed by atoms with Crippen molar-refractivity contribution in [2.45, 2.75) is 46.1 Å². The van der Waals surface area contributed by atoms with E-state index in [0.29, 0.717) is 5.92 Å². The Hall–Kier alpha value is -3.40. The Morgan fingerprint density at radius 1 is 0.818 bits per heavy atom. The lowest BCUT2D eigenvalue weighted by atomic mass is 9.71. The summed E-state index contributed by atoms with van der Waals surface area (Å²) in [6.45, 7) is 6.62. The minimum absolute atomic E-state index is 0.0179.